The first-order valence-corrected chi connectivity index (χ1v) is 20.9. The fourth-order valence-corrected chi connectivity index (χ4v) is 12.1. The lowest BCUT2D eigenvalue weighted by Gasteiger charge is -2.40. The lowest BCUT2D eigenvalue weighted by molar-refractivity contribution is 0.253. The van der Waals surface area contributed by atoms with Crippen LogP contribution < -0.4 is 10.2 Å². The summed E-state index contributed by atoms with van der Waals surface area (Å²) in [5.41, 5.74) is 17.9. The smallest absolute Gasteiger partial charge is 0.0907 e. The van der Waals surface area contributed by atoms with Crippen LogP contribution in [0, 0.1) is 11.8 Å². The first-order valence-electron chi connectivity index (χ1n) is 20.9. The third-order valence-electron chi connectivity index (χ3n) is 14.4. The maximum absolute atomic E-state index is 5.33. The van der Waals surface area contributed by atoms with Gasteiger partial charge < -0.3 is 19.7 Å². The number of benzene rings is 3. The van der Waals surface area contributed by atoms with E-state index in [9.17, 15) is 0 Å². The lowest BCUT2D eigenvalue weighted by atomic mass is 9.81. The van der Waals surface area contributed by atoms with Crippen LogP contribution in [0.4, 0.5) is 17.1 Å². The summed E-state index contributed by atoms with van der Waals surface area (Å²) >= 11 is 0. The second-order valence-electron chi connectivity index (χ2n) is 17.1. The maximum atomic E-state index is 5.33. The Hall–Kier alpha value is -5.55. The van der Waals surface area contributed by atoms with Crippen LogP contribution >= 0.6 is 0 Å². The highest BCUT2D eigenvalue weighted by molar-refractivity contribution is 6.08. The van der Waals surface area contributed by atoms with Gasteiger partial charge in [-0.05, 0) is 98.1 Å². The summed E-state index contributed by atoms with van der Waals surface area (Å²) in [6.07, 6.45) is 35.7. The van der Waals surface area contributed by atoms with E-state index in [-0.39, 0.29) is 6.04 Å². The molecule has 5 aliphatic carbocycles. The van der Waals surface area contributed by atoms with E-state index in [4.69, 9.17) is 4.99 Å². The fourth-order valence-electron chi connectivity index (χ4n) is 12.1. The molecule has 0 amide bonds. The van der Waals surface area contributed by atoms with Crippen LogP contribution in [0.3, 0.4) is 0 Å². The van der Waals surface area contributed by atoms with Crippen LogP contribution in [-0.4, -0.2) is 33.3 Å². The first kappa shape index (κ1) is 30.7. The number of allylic oxidation sites excluding steroid dienone is 7. The maximum Gasteiger partial charge on any atom is 0.0907 e. The third kappa shape index (κ3) is 4.22. The number of hydrogen-bond acceptors (Lipinski definition) is 4. The Bertz CT molecular complexity index is 2590. The molecule has 4 aromatic rings. The minimum Gasteiger partial charge on any atom is -0.371 e. The predicted molar refractivity (Wildman–Crippen MR) is 225 cm³/mol. The van der Waals surface area contributed by atoms with Crippen molar-refractivity contribution in [3.05, 3.63) is 161 Å². The highest BCUT2D eigenvalue weighted by atomic mass is 15.3. The van der Waals surface area contributed by atoms with Gasteiger partial charge in [0.05, 0.1) is 52.5 Å². The number of aliphatic imine (C=N–C) groups is 1. The van der Waals surface area contributed by atoms with Crippen molar-refractivity contribution in [3.63, 3.8) is 0 Å². The van der Waals surface area contributed by atoms with Crippen molar-refractivity contribution in [2.24, 2.45) is 16.8 Å². The molecule has 9 aliphatic rings. The molecule has 1 aromatic heterocycles. The summed E-state index contributed by atoms with van der Waals surface area (Å²) in [5.74, 6) is 1.33. The minimum atomic E-state index is 0.0445. The van der Waals surface area contributed by atoms with Gasteiger partial charge in [0.15, 0.2) is 0 Å². The number of para-hydroxylation sites is 2. The molecular formula is C50H45N5. The van der Waals surface area contributed by atoms with Gasteiger partial charge in [-0.2, -0.15) is 0 Å². The van der Waals surface area contributed by atoms with E-state index >= 15 is 0 Å². The molecule has 2 bridgehead atoms. The number of anilines is 2. The predicted octanol–water partition coefficient (Wildman–Crippen LogP) is 11.2. The zero-order valence-electron chi connectivity index (χ0n) is 31.1. The number of fused-ring (bicyclic) bond motifs is 11. The second kappa shape index (κ2) is 11.5. The molecule has 7 atom stereocenters. The van der Waals surface area contributed by atoms with E-state index in [1.54, 1.807) is 11.3 Å². The van der Waals surface area contributed by atoms with Crippen molar-refractivity contribution in [1.29, 1.82) is 0 Å². The van der Waals surface area contributed by atoms with Crippen LogP contribution in [0.5, 0.6) is 0 Å². The molecule has 13 rings (SSSR count). The van der Waals surface area contributed by atoms with Gasteiger partial charge >= 0.3 is 0 Å². The minimum absolute atomic E-state index is 0.0445. The molecule has 4 aliphatic heterocycles. The monoisotopic (exact) mass is 715 g/mol. The summed E-state index contributed by atoms with van der Waals surface area (Å²) in [6.45, 7) is 0. The molecule has 0 saturated carbocycles. The molecule has 1 N–H and O–H groups in total. The molecule has 7 unspecified atom stereocenters. The van der Waals surface area contributed by atoms with Gasteiger partial charge in [0.2, 0.25) is 0 Å². The molecule has 0 saturated heterocycles. The van der Waals surface area contributed by atoms with Gasteiger partial charge in [-0.3, -0.25) is 4.99 Å². The summed E-state index contributed by atoms with van der Waals surface area (Å²) in [4.78, 5) is 11.0. The fraction of sp³-hybridized carbons (Fsp3) is 0.300. The zero-order chi connectivity index (χ0) is 35.8. The normalized spacial score (nSPS) is 30.0. The number of aromatic nitrogens is 1. The van der Waals surface area contributed by atoms with Gasteiger partial charge in [-0.1, -0.05) is 91.1 Å². The topological polar surface area (TPSA) is 35.8 Å². The lowest BCUT2D eigenvalue weighted by Crippen LogP contribution is -2.42. The summed E-state index contributed by atoms with van der Waals surface area (Å²) in [6, 6.07) is 24.1. The van der Waals surface area contributed by atoms with Crippen molar-refractivity contribution in [3.8, 4) is 5.69 Å². The van der Waals surface area contributed by atoms with Crippen molar-refractivity contribution >= 4 is 39.4 Å². The van der Waals surface area contributed by atoms with Gasteiger partial charge in [0.1, 0.15) is 0 Å². The Kier molecular flexibility index (Phi) is 6.42. The summed E-state index contributed by atoms with van der Waals surface area (Å²) < 4.78 is 2.66. The van der Waals surface area contributed by atoms with Gasteiger partial charge in [-0.25, -0.2) is 0 Å². The standard InChI is InChI=1S/C50H45N5/c1-2-11-30(12-3-1)47-48(52-40-18-7-6-17-39(40)51-47)31-21-23-32(24-22-31)53-43-27-25-37-35-15-4-8-19-41(35)54-33-13-10-14-34(29-33)55-42-20-9-5-16-36(42)38-26-28-44(53)46(50(38)55)45(43)49(37)54/h2,4,6-11,13-15,17-25,27,30,34-36,41-42,48,52H,1,3,5,12,16,26,28-29H2. The Labute approximate surface area is 323 Å². The Morgan fingerprint density at radius 3 is 2.62 bits per heavy atom. The van der Waals surface area contributed by atoms with E-state index in [1.807, 2.05) is 0 Å². The van der Waals surface area contributed by atoms with E-state index < -0.39 is 0 Å². The zero-order valence-corrected chi connectivity index (χ0v) is 31.1. The van der Waals surface area contributed by atoms with E-state index in [2.05, 4.69) is 147 Å². The molecule has 5 heteroatoms. The van der Waals surface area contributed by atoms with E-state index in [0.717, 1.165) is 37.1 Å². The van der Waals surface area contributed by atoms with Crippen LogP contribution in [0.15, 0.2) is 144 Å². The van der Waals surface area contributed by atoms with Crippen LogP contribution in [0.1, 0.15) is 79.3 Å². The van der Waals surface area contributed by atoms with Crippen molar-refractivity contribution in [2.45, 2.75) is 81.5 Å². The van der Waals surface area contributed by atoms with Crippen molar-refractivity contribution in [2.75, 3.05) is 10.2 Å². The molecule has 55 heavy (non-hydrogen) atoms. The molecule has 3 aromatic carbocycles. The van der Waals surface area contributed by atoms with Gasteiger partial charge in [0.25, 0.3) is 0 Å². The summed E-state index contributed by atoms with van der Waals surface area (Å²) in [5, 5.41) is 5.39. The largest absolute Gasteiger partial charge is 0.371 e. The molecule has 0 fully saturated rings. The van der Waals surface area contributed by atoms with Gasteiger partial charge in [-0.15, -0.1) is 0 Å². The Morgan fingerprint density at radius 1 is 0.782 bits per heavy atom. The third-order valence-corrected chi connectivity index (χ3v) is 14.4. The van der Waals surface area contributed by atoms with Gasteiger partial charge in [0, 0.05) is 57.9 Å². The molecule has 5 nitrogen and oxygen atoms in total. The molecule has 0 spiro atoms. The van der Waals surface area contributed by atoms with Crippen LogP contribution in [-0.2, 0) is 6.42 Å². The number of nitrogens with one attached hydrogen (secondary N) is 1. The highest BCUT2D eigenvalue weighted by Gasteiger charge is 2.50. The SMILES string of the molecule is C1=CC2c3ccc4c5c6c(n4-c4ccc(C7Nc8ccccc8N=C7C7C=CCCC7)cc4)CCC4=C6N(C6C=CC=C(C6)N(c35)C2C=C1)C1C=CCCC41. The Morgan fingerprint density at radius 2 is 1.69 bits per heavy atom. The Balaban J connectivity index is 1.02. The highest BCUT2D eigenvalue weighted by Crippen LogP contribution is 2.59. The van der Waals surface area contributed by atoms with Crippen molar-refractivity contribution in [1.82, 2.24) is 9.47 Å². The number of nitrogens with zero attached hydrogens (tertiary/aromatic N) is 4. The quantitative estimate of drug-likeness (QED) is 0.215. The van der Waals surface area contributed by atoms with Crippen LogP contribution in [0.25, 0.3) is 22.3 Å². The van der Waals surface area contributed by atoms with Crippen LogP contribution in [0.2, 0.25) is 0 Å². The average Bonchev–Trinajstić information content (AvgIpc) is 3.89. The first-order chi connectivity index (χ1) is 27.3. The average molecular weight is 716 g/mol. The van der Waals surface area contributed by atoms with E-state index in [0.29, 0.717) is 35.9 Å². The molecular weight excluding hydrogens is 671 g/mol. The van der Waals surface area contributed by atoms with Crippen molar-refractivity contribution < 1.29 is 0 Å². The molecule has 0 radical (unpaired) electrons. The number of hydrogen-bond donors (Lipinski definition) is 1. The molecule has 5 heterocycles. The summed E-state index contributed by atoms with van der Waals surface area (Å²) in [7, 11) is 0. The molecule has 270 valence electrons. The van der Waals surface area contributed by atoms with E-state index in [1.165, 1.54) is 81.8 Å². The second-order valence-corrected chi connectivity index (χ2v) is 17.1. The number of rotatable bonds is 3.